The van der Waals surface area contributed by atoms with Crippen molar-refractivity contribution in [2.24, 2.45) is 59.2 Å². The average Bonchev–Trinajstić information content (AvgIpc) is 3.62. The lowest BCUT2D eigenvalue weighted by atomic mass is 9.59. The third-order valence-corrected chi connectivity index (χ3v) is 11.6. The maximum Gasteiger partial charge on any atom is 0.266 e. The summed E-state index contributed by atoms with van der Waals surface area (Å²) in [4.78, 5) is 57.8. The maximum absolute atomic E-state index is 13.7. The number of rotatable bonds is 7. The Morgan fingerprint density at radius 1 is 0.714 bits per heavy atom. The van der Waals surface area contributed by atoms with Crippen LogP contribution in [0.15, 0.2) is 0 Å². The Labute approximate surface area is 210 Å². The van der Waals surface area contributed by atoms with Crippen LogP contribution in [0.3, 0.4) is 0 Å². The second-order valence-corrected chi connectivity index (χ2v) is 13.5. The van der Waals surface area contributed by atoms with Crippen molar-refractivity contribution in [3.63, 3.8) is 0 Å². The molecular formula is C28H40BN2O4. The highest BCUT2D eigenvalue weighted by molar-refractivity contribution is 6.47. The summed E-state index contributed by atoms with van der Waals surface area (Å²) in [6.45, 7) is 12.5. The number of carbonyl (C=O) groups is 4. The van der Waals surface area contributed by atoms with Gasteiger partial charge >= 0.3 is 0 Å². The molecule has 6 fully saturated rings. The van der Waals surface area contributed by atoms with E-state index < -0.39 is 5.54 Å². The Balaban J connectivity index is 1.29. The first-order chi connectivity index (χ1) is 16.5. The lowest BCUT2D eigenvalue weighted by molar-refractivity contribution is -0.148. The van der Waals surface area contributed by atoms with Gasteiger partial charge in [-0.2, -0.15) is 0 Å². The lowest BCUT2D eigenvalue weighted by Crippen LogP contribution is -2.50. The highest BCUT2D eigenvalue weighted by Gasteiger charge is 2.77. The van der Waals surface area contributed by atoms with Gasteiger partial charge in [0.05, 0.1) is 23.7 Å². The van der Waals surface area contributed by atoms with E-state index >= 15 is 0 Å². The van der Waals surface area contributed by atoms with Gasteiger partial charge in [-0.25, -0.2) is 0 Å². The van der Waals surface area contributed by atoms with Gasteiger partial charge in [-0.15, -0.1) is 0 Å². The van der Waals surface area contributed by atoms with Crippen LogP contribution in [0, 0.1) is 59.2 Å². The zero-order valence-electron chi connectivity index (χ0n) is 22.1. The van der Waals surface area contributed by atoms with Crippen LogP contribution in [0.25, 0.3) is 0 Å². The number of hydrogen-bond acceptors (Lipinski definition) is 4. The molecule has 6 rings (SSSR count). The molecule has 0 aromatic carbocycles. The summed E-state index contributed by atoms with van der Waals surface area (Å²) in [7, 11) is 1.89. The van der Waals surface area contributed by atoms with Crippen LogP contribution in [0.2, 0.25) is 5.31 Å². The van der Waals surface area contributed by atoms with Gasteiger partial charge in [-0.3, -0.25) is 24.1 Å². The predicted octanol–water partition coefficient (Wildman–Crippen LogP) is 3.92. The van der Waals surface area contributed by atoms with Crippen LogP contribution >= 0.6 is 0 Å². The number of hydrogen-bond donors (Lipinski definition) is 0. The van der Waals surface area contributed by atoms with Gasteiger partial charge in [0.15, 0.2) is 0 Å². The van der Waals surface area contributed by atoms with Crippen molar-refractivity contribution >= 4 is 31.0 Å². The Bertz CT molecular complexity index is 947. The molecule has 0 aromatic rings. The fourth-order valence-corrected chi connectivity index (χ4v) is 10.1. The Kier molecular flexibility index (Phi) is 5.05. The summed E-state index contributed by atoms with van der Waals surface area (Å²) < 4.78 is 0. The van der Waals surface area contributed by atoms with Crippen molar-refractivity contribution in [3.05, 3.63) is 0 Å². The Morgan fingerprint density at radius 2 is 1.11 bits per heavy atom. The molecule has 2 saturated heterocycles. The smallest absolute Gasteiger partial charge is 0.266 e. The number of carbonyl (C=O) groups excluding carboxylic acids is 4. The molecule has 35 heavy (non-hydrogen) atoms. The largest absolute Gasteiger partial charge is 0.333 e. The molecule has 0 N–H and O–H groups in total. The fraction of sp³-hybridized carbons (Fsp3) is 0.857. The summed E-state index contributed by atoms with van der Waals surface area (Å²) in [5.74, 6) is 0.632. The Hall–Kier alpha value is -1.66. The van der Waals surface area contributed by atoms with Gasteiger partial charge in [0.25, 0.3) is 7.41 Å². The van der Waals surface area contributed by atoms with E-state index in [1.54, 1.807) is 4.90 Å². The van der Waals surface area contributed by atoms with Gasteiger partial charge in [0.2, 0.25) is 23.6 Å². The van der Waals surface area contributed by atoms with Gasteiger partial charge < -0.3 is 4.81 Å². The highest BCUT2D eigenvalue weighted by Crippen LogP contribution is 2.75. The minimum absolute atomic E-state index is 0.00514. The van der Waals surface area contributed by atoms with Gasteiger partial charge in [0.1, 0.15) is 0 Å². The molecule has 0 spiro atoms. The molecule has 4 bridgehead atoms. The zero-order valence-corrected chi connectivity index (χ0v) is 22.1. The Morgan fingerprint density at radius 3 is 1.49 bits per heavy atom. The van der Waals surface area contributed by atoms with Crippen molar-refractivity contribution in [1.82, 2.24) is 9.71 Å². The van der Waals surface area contributed by atoms with Gasteiger partial charge in [-0.05, 0) is 73.4 Å². The number of likely N-dealkylation sites (tertiary alicyclic amines) is 1. The van der Waals surface area contributed by atoms with E-state index in [9.17, 15) is 19.2 Å². The fourth-order valence-electron chi connectivity index (χ4n) is 10.1. The molecule has 10 atom stereocenters. The molecule has 7 heteroatoms. The molecule has 2 aliphatic heterocycles. The molecule has 1 radical (unpaired) electrons. The van der Waals surface area contributed by atoms with Crippen molar-refractivity contribution in [1.29, 1.82) is 0 Å². The topological polar surface area (TPSA) is 74.8 Å². The van der Waals surface area contributed by atoms with E-state index in [2.05, 4.69) is 34.6 Å². The summed E-state index contributed by atoms with van der Waals surface area (Å²) >= 11 is 0. The molecular weight excluding hydrogens is 439 g/mol. The number of fused-ring (bicyclic) bond motifs is 15. The molecule has 0 aromatic heterocycles. The van der Waals surface area contributed by atoms with Crippen molar-refractivity contribution < 1.29 is 19.2 Å². The molecule has 4 saturated carbocycles. The molecule has 4 aliphatic carbocycles. The lowest BCUT2D eigenvalue weighted by Gasteiger charge is -2.42. The first-order valence-electron chi connectivity index (χ1n) is 14.1. The van der Waals surface area contributed by atoms with E-state index in [1.807, 2.05) is 14.3 Å². The average molecular weight is 479 g/mol. The van der Waals surface area contributed by atoms with Crippen LogP contribution in [0.1, 0.15) is 80.1 Å². The minimum Gasteiger partial charge on any atom is -0.333 e. The number of nitrogens with zero attached hydrogens (tertiary/aromatic N) is 2. The second kappa shape index (κ2) is 7.44. The normalized spacial score (nSPS) is 43.5. The minimum atomic E-state index is -0.421. The maximum atomic E-state index is 13.7. The molecule has 10 unspecified atom stereocenters. The van der Waals surface area contributed by atoms with Crippen LogP contribution in [-0.2, 0) is 19.2 Å². The SMILES string of the molecule is CCCC(C)(C)[B]N1C(=O)C2C3CC(C2C1=O)C1C2CC(C4C(=O)N(C(C)(CC)CC)C(=O)C24)C31. The molecule has 189 valence electrons. The zero-order chi connectivity index (χ0) is 25.2. The summed E-state index contributed by atoms with van der Waals surface area (Å²) in [5.41, 5.74) is -0.421. The van der Waals surface area contributed by atoms with Gasteiger partial charge in [-0.1, -0.05) is 47.5 Å². The highest BCUT2D eigenvalue weighted by atomic mass is 16.2. The first kappa shape index (κ1) is 23.7. The van der Waals surface area contributed by atoms with E-state index in [4.69, 9.17) is 0 Å². The van der Waals surface area contributed by atoms with Crippen molar-refractivity contribution in [2.45, 2.75) is 90.9 Å². The van der Waals surface area contributed by atoms with Crippen LogP contribution in [0.5, 0.6) is 0 Å². The standard InChI is InChI=1S/C28H40BN2O4/c1-7-10-27(4,5)29-31-25(34)21-15-12-16(22(21)26(31)35)18-14-11-13(17(15)18)19-20(14)24(33)30(23(19)32)28(6,8-2)9-3/h13-22H,7-12H2,1-6H3. The summed E-state index contributed by atoms with van der Waals surface area (Å²) in [6.07, 6.45) is 5.32. The van der Waals surface area contributed by atoms with E-state index in [1.165, 1.54) is 4.81 Å². The first-order valence-corrected chi connectivity index (χ1v) is 14.1. The summed E-state index contributed by atoms with van der Waals surface area (Å²) in [6, 6.07) is 0. The van der Waals surface area contributed by atoms with Crippen molar-refractivity contribution in [3.8, 4) is 0 Å². The summed E-state index contributed by atoms with van der Waals surface area (Å²) in [5, 5.41) is -0.197. The van der Waals surface area contributed by atoms with Crippen LogP contribution in [0.4, 0.5) is 0 Å². The molecule has 6 aliphatic rings. The number of imide groups is 2. The van der Waals surface area contributed by atoms with E-state index in [0.717, 1.165) is 38.5 Å². The third kappa shape index (κ3) is 2.79. The van der Waals surface area contributed by atoms with E-state index in [0.29, 0.717) is 11.8 Å². The molecule has 6 nitrogen and oxygen atoms in total. The third-order valence-electron chi connectivity index (χ3n) is 11.6. The molecule has 4 amide bonds. The van der Waals surface area contributed by atoms with E-state index in [-0.39, 0.29) is 76.3 Å². The quantitative estimate of drug-likeness (QED) is 0.315. The van der Waals surface area contributed by atoms with Crippen LogP contribution in [-0.4, -0.2) is 46.3 Å². The predicted molar refractivity (Wildman–Crippen MR) is 132 cm³/mol. The van der Waals surface area contributed by atoms with Crippen LogP contribution < -0.4 is 0 Å². The number of amides is 4. The molecule has 2 heterocycles. The van der Waals surface area contributed by atoms with Gasteiger partial charge in [0, 0.05) is 5.54 Å². The monoisotopic (exact) mass is 479 g/mol. The van der Waals surface area contributed by atoms with Crippen molar-refractivity contribution in [2.75, 3.05) is 0 Å². The second-order valence-electron chi connectivity index (χ2n) is 13.5.